The van der Waals surface area contributed by atoms with Gasteiger partial charge in [-0.1, -0.05) is 0 Å². The smallest absolute Gasteiger partial charge is 0.260 e. The molecule has 1 aromatic heterocycles. The van der Waals surface area contributed by atoms with Gasteiger partial charge in [-0.05, 0) is 19.9 Å². The van der Waals surface area contributed by atoms with Crippen LogP contribution in [-0.2, 0) is 21.8 Å². The molecule has 1 aliphatic heterocycles. The zero-order chi connectivity index (χ0) is 14.3. The van der Waals surface area contributed by atoms with Crippen LogP contribution in [-0.4, -0.2) is 59.0 Å². The molecule has 0 aromatic carbocycles. The molecule has 2 rings (SSSR count). The second-order valence-electron chi connectivity index (χ2n) is 5.27. The van der Waals surface area contributed by atoms with Crippen LogP contribution in [0.2, 0.25) is 0 Å². The second kappa shape index (κ2) is 4.86. The van der Waals surface area contributed by atoms with Crippen LogP contribution in [0.25, 0.3) is 0 Å². The Labute approximate surface area is 112 Å². The average Bonchev–Trinajstić information content (AvgIpc) is 2.74. The fourth-order valence-electron chi connectivity index (χ4n) is 2.27. The Hall–Kier alpha value is -0.960. The van der Waals surface area contributed by atoms with Crippen molar-refractivity contribution < 1.29 is 18.3 Å². The number of aryl methyl sites for hydroxylation is 1. The van der Waals surface area contributed by atoms with Crippen LogP contribution in [0.4, 0.5) is 0 Å². The molecule has 7 nitrogen and oxygen atoms in total. The molecular weight excluding hydrogens is 270 g/mol. The highest BCUT2D eigenvalue weighted by molar-refractivity contribution is 7.89. The minimum Gasteiger partial charge on any atom is -0.394 e. The third-order valence-corrected chi connectivity index (χ3v) is 4.92. The third kappa shape index (κ3) is 2.81. The van der Waals surface area contributed by atoms with E-state index in [0.29, 0.717) is 0 Å². The zero-order valence-electron chi connectivity index (χ0n) is 11.3. The third-order valence-electron chi connectivity index (χ3n) is 3.03. The van der Waals surface area contributed by atoms with Crippen molar-refractivity contribution in [2.75, 3.05) is 19.7 Å². The first-order valence-corrected chi connectivity index (χ1v) is 7.47. The van der Waals surface area contributed by atoms with Crippen LogP contribution in [0.1, 0.15) is 13.8 Å². The summed E-state index contributed by atoms with van der Waals surface area (Å²) in [7, 11) is -2.04. The molecule has 0 spiro atoms. The number of ether oxygens (including phenoxy) is 1. The number of nitrogens with zero attached hydrogens (tertiary/aromatic N) is 3. The first kappa shape index (κ1) is 14.4. The molecule has 1 aromatic rings. The Bertz CT molecular complexity index is 552. The molecule has 0 radical (unpaired) electrons. The summed E-state index contributed by atoms with van der Waals surface area (Å²) in [6, 6.07) is 1.46. The molecule has 1 fully saturated rings. The van der Waals surface area contributed by atoms with Crippen LogP contribution >= 0.6 is 0 Å². The van der Waals surface area contributed by atoms with E-state index in [1.165, 1.54) is 21.3 Å². The first-order valence-electron chi connectivity index (χ1n) is 6.03. The van der Waals surface area contributed by atoms with Gasteiger partial charge in [0.15, 0.2) is 5.03 Å². The van der Waals surface area contributed by atoms with Gasteiger partial charge in [-0.3, -0.25) is 4.68 Å². The molecular formula is C11H19N3O4S. The number of sulfonamides is 1. The highest BCUT2D eigenvalue weighted by Crippen LogP contribution is 2.26. The van der Waals surface area contributed by atoms with E-state index >= 15 is 0 Å². The fraction of sp³-hybridized carbons (Fsp3) is 0.727. The largest absolute Gasteiger partial charge is 0.394 e. The predicted octanol–water partition coefficient (Wildman–Crippen LogP) is -0.419. The minimum atomic E-state index is -3.62. The second-order valence-corrected chi connectivity index (χ2v) is 7.16. The van der Waals surface area contributed by atoms with Crippen molar-refractivity contribution >= 4 is 10.0 Å². The van der Waals surface area contributed by atoms with Gasteiger partial charge in [0.25, 0.3) is 10.0 Å². The minimum absolute atomic E-state index is 0.141. The number of aliphatic hydroxyl groups excluding tert-OH is 1. The van der Waals surface area contributed by atoms with Gasteiger partial charge in [-0.15, -0.1) is 0 Å². The summed E-state index contributed by atoms with van der Waals surface area (Å²) in [6.45, 7) is 3.80. The van der Waals surface area contributed by atoms with Gasteiger partial charge in [0.2, 0.25) is 0 Å². The van der Waals surface area contributed by atoms with Gasteiger partial charge >= 0.3 is 0 Å². The van der Waals surface area contributed by atoms with Gasteiger partial charge in [0, 0.05) is 20.1 Å². The number of rotatable bonds is 3. The molecule has 19 heavy (non-hydrogen) atoms. The molecule has 1 atom stereocenters. The molecule has 1 saturated heterocycles. The highest BCUT2D eigenvalue weighted by atomic mass is 32.2. The summed E-state index contributed by atoms with van der Waals surface area (Å²) < 4.78 is 33.4. The lowest BCUT2D eigenvalue weighted by molar-refractivity contribution is -0.131. The van der Waals surface area contributed by atoms with Crippen molar-refractivity contribution in [2.45, 2.75) is 30.6 Å². The SMILES string of the molecule is Cn1nccc1S(=O)(=O)N1CC(CO)OC(C)(C)C1. The van der Waals surface area contributed by atoms with Crippen LogP contribution in [0.15, 0.2) is 17.3 Å². The Morgan fingerprint density at radius 3 is 2.79 bits per heavy atom. The number of hydrogen-bond donors (Lipinski definition) is 1. The number of aromatic nitrogens is 2. The topological polar surface area (TPSA) is 84.7 Å². The Kier molecular flexibility index (Phi) is 3.69. The van der Waals surface area contributed by atoms with Gasteiger partial charge < -0.3 is 9.84 Å². The van der Waals surface area contributed by atoms with E-state index in [-0.39, 0.29) is 24.7 Å². The lowest BCUT2D eigenvalue weighted by atomic mass is 10.1. The maximum absolute atomic E-state index is 12.5. The average molecular weight is 289 g/mol. The van der Waals surface area contributed by atoms with Gasteiger partial charge in [0.05, 0.1) is 24.5 Å². The summed E-state index contributed by atoms with van der Waals surface area (Å²) in [6.07, 6.45) is 0.939. The highest BCUT2D eigenvalue weighted by Gasteiger charge is 2.40. The quantitative estimate of drug-likeness (QED) is 0.817. The number of morpholine rings is 1. The van der Waals surface area contributed by atoms with Crippen LogP contribution in [0.3, 0.4) is 0 Å². The monoisotopic (exact) mass is 289 g/mol. The predicted molar refractivity (Wildman–Crippen MR) is 68.0 cm³/mol. The number of aliphatic hydroxyl groups is 1. The summed E-state index contributed by atoms with van der Waals surface area (Å²) in [5.74, 6) is 0. The van der Waals surface area contributed by atoms with Crippen molar-refractivity contribution in [3.05, 3.63) is 12.3 Å². The first-order chi connectivity index (χ1) is 8.76. The van der Waals surface area contributed by atoms with E-state index in [4.69, 9.17) is 4.74 Å². The molecule has 0 amide bonds. The molecule has 2 heterocycles. The standard InChI is InChI=1S/C11H19N3O4S/c1-11(2)8-14(6-9(7-15)18-11)19(16,17)10-4-5-12-13(10)3/h4-5,9,15H,6-8H2,1-3H3. The maximum atomic E-state index is 12.5. The van der Waals surface area contributed by atoms with Crippen LogP contribution < -0.4 is 0 Å². The van der Waals surface area contributed by atoms with Crippen molar-refractivity contribution in [1.82, 2.24) is 14.1 Å². The molecule has 8 heteroatoms. The molecule has 1 N–H and O–H groups in total. The normalized spacial score (nSPS) is 24.5. The molecule has 108 valence electrons. The van der Waals surface area contributed by atoms with Crippen molar-refractivity contribution in [3.8, 4) is 0 Å². The van der Waals surface area contributed by atoms with Crippen LogP contribution in [0, 0.1) is 0 Å². The Balaban J connectivity index is 2.33. The van der Waals surface area contributed by atoms with E-state index in [2.05, 4.69) is 5.10 Å². The van der Waals surface area contributed by atoms with Gasteiger partial charge in [0.1, 0.15) is 0 Å². The van der Waals surface area contributed by atoms with Crippen molar-refractivity contribution in [2.24, 2.45) is 7.05 Å². The zero-order valence-corrected chi connectivity index (χ0v) is 12.1. The van der Waals surface area contributed by atoms with E-state index in [0.717, 1.165) is 0 Å². The summed E-state index contributed by atoms with van der Waals surface area (Å²) in [5, 5.41) is 13.3. The summed E-state index contributed by atoms with van der Waals surface area (Å²) in [4.78, 5) is 0. The van der Waals surface area contributed by atoms with Crippen molar-refractivity contribution in [1.29, 1.82) is 0 Å². The maximum Gasteiger partial charge on any atom is 0.260 e. The van der Waals surface area contributed by atoms with Gasteiger partial charge in [-0.2, -0.15) is 9.40 Å². The lowest BCUT2D eigenvalue weighted by Gasteiger charge is -2.41. The Morgan fingerprint density at radius 1 is 1.58 bits per heavy atom. The molecule has 1 unspecified atom stereocenters. The molecule has 0 bridgehead atoms. The lowest BCUT2D eigenvalue weighted by Crippen LogP contribution is -2.55. The fourth-order valence-corrected chi connectivity index (χ4v) is 3.99. The van der Waals surface area contributed by atoms with Gasteiger partial charge in [-0.25, -0.2) is 8.42 Å². The van der Waals surface area contributed by atoms with E-state index in [9.17, 15) is 13.5 Å². The molecule has 1 aliphatic rings. The number of hydrogen-bond acceptors (Lipinski definition) is 5. The Morgan fingerprint density at radius 2 is 2.26 bits per heavy atom. The van der Waals surface area contributed by atoms with Crippen molar-refractivity contribution in [3.63, 3.8) is 0 Å². The molecule has 0 aliphatic carbocycles. The van der Waals surface area contributed by atoms with Crippen LogP contribution in [0.5, 0.6) is 0 Å². The summed E-state index contributed by atoms with van der Waals surface area (Å²) in [5.41, 5.74) is -0.628. The van der Waals surface area contributed by atoms with E-state index in [1.54, 1.807) is 20.9 Å². The van der Waals surface area contributed by atoms with E-state index in [1.807, 2.05) is 0 Å². The van der Waals surface area contributed by atoms with E-state index < -0.39 is 21.7 Å². The molecule has 0 saturated carbocycles. The summed E-state index contributed by atoms with van der Waals surface area (Å²) >= 11 is 0.